The molecule has 8 aromatic carbocycles. The van der Waals surface area contributed by atoms with E-state index < -0.39 is 0 Å². The molecule has 216 valence electrons. The fourth-order valence-electron chi connectivity index (χ4n) is 6.99. The molecule has 2 heteroatoms. The lowest BCUT2D eigenvalue weighted by atomic mass is 9.89. The third kappa shape index (κ3) is 4.27. The zero-order chi connectivity index (χ0) is 30.5. The van der Waals surface area contributed by atoms with E-state index in [0.29, 0.717) is 0 Å². The third-order valence-electron chi connectivity index (χ3n) is 9.03. The second kappa shape index (κ2) is 10.8. The Bertz CT molecular complexity index is 2530. The Morgan fingerprint density at radius 1 is 0.391 bits per heavy atom. The van der Waals surface area contributed by atoms with Crippen molar-refractivity contribution in [3.8, 4) is 22.3 Å². The van der Waals surface area contributed by atoms with Crippen LogP contribution in [0.2, 0.25) is 0 Å². The molecule has 9 rings (SSSR count). The van der Waals surface area contributed by atoms with Crippen molar-refractivity contribution in [2.45, 2.75) is 0 Å². The molecule has 0 radical (unpaired) electrons. The predicted molar refractivity (Wildman–Crippen MR) is 194 cm³/mol. The zero-order valence-corrected chi connectivity index (χ0v) is 25.1. The van der Waals surface area contributed by atoms with Crippen LogP contribution in [-0.2, 0) is 0 Å². The molecular formula is C44H29NO. The van der Waals surface area contributed by atoms with Crippen LogP contribution in [0.5, 0.6) is 0 Å². The number of para-hydroxylation sites is 2. The summed E-state index contributed by atoms with van der Waals surface area (Å²) >= 11 is 0. The highest BCUT2D eigenvalue weighted by Crippen LogP contribution is 2.49. The highest BCUT2D eigenvalue weighted by atomic mass is 16.3. The van der Waals surface area contributed by atoms with E-state index in [2.05, 4.69) is 175 Å². The number of hydrogen-bond donors (Lipinski definition) is 0. The molecule has 0 aliphatic rings. The van der Waals surface area contributed by atoms with Crippen molar-refractivity contribution in [2.75, 3.05) is 4.90 Å². The van der Waals surface area contributed by atoms with E-state index in [1.807, 2.05) is 6.07 Å². The van der Waals surface area contributed by atoms with E-state index in [4.69, 9.17) is 4.42 Å². The Hall–Kier alpha value is -6.12. The largest absolute Gasteiger partial charge is 0.456 e. The van der Waals surface area contributed by atoms with Crippen LogP contribution >= 0.6 is 0 Å². The quantitative estimate of drug-likeness (QED) is 0.186. The van der Waals surface area contributed by atoms with Crippen molar-refractivity contribution < 1.29 is 4.42 Å². The molecule has 0 saturated carbocycles. The van der Waals surface area contributed by atoms with E-state index in [-0.39, 0.29) is 0 Å². The second-order valence-electron chi connectivity index (χ2n) is 11.7. The van der Waals surface area contributed by atoms with Crippen molar-refractivity contribution in [1.29, 1.82) is 0 Å². The number of furan rings is 1. The van der Waals surface area contributed by atoms with E-state index in [1.54, 1.807) is 0 Å². The van der Waals surface area contributed by atoms with Gasteiger partial charge in [0, 0.05) is 27.7 Å². The summed E-state index contributed by atoms with van der Waals surface area (Å²) in [7, 11) is 0. The van der Waals surface area contributed by atoms with Crippen LogP contribution in [-0.4, -0.2) is 0 Å². The van der Waals surface area contributed by atoms with Crippen LogP contribution in [0.4, 0.5) is 17.1 Å². The molecule has 0 aliphatic carbocycles. The molecule has 0 aliphatic heterocycles. The molecule has 0 bridgehead atoms. The summed E-state index contributed by atoms with van der Waals surface area (Å²) in [6, 6.07) is 62.7. The molecule has 0 amide bonds. The van der Waals surface area contributed by atoms with Crippen molar-refractivity contribution in [1.82, 2.24) is 0 Å². The fourth-order valence-corrected chi connectivity index (χ4v) is 6.99. The summed E-state index contributed by atoms with van der Waals surface area (Å²) in [6.45, 7) is 0. The zero-order valence-electron chi connectivity index (χ0n) is 25.1. The average molecular weight is 588 g/mol. The minimum Gasteiger partial charge on any atom is -0.456 e. The molecule has 9 aromatic rings. The smallest absolute Gasteiger partial charge is 0.136 e. The van der Waals surface area contributed by atoms with Gasteiger partial charge in [-0.2, -0.15) is 0 Å². The highest BCUT2D eigenvalue weighted by Gasteiger charge is 2.24. The molecule has 2 nitrogen and oxygen atoms in total. The summed E-state index contributed by atoms with van der Waals surface area (Å²) in [5.41, 5.74) is 9.73. The van der Waals surface area contributed by atoms with Gasteiger partial charge in [0.05, 0.1) is 5.69 Å². The maximum absolute atomic E-state index is 6.52. The molecule has 0 fully saturated rings. The Morgan fingerprint density at radius 3 is 1.85 bits per heavy atom. The molecule has 0 spiro atoms. The molecular weight excluding hydrogens is 558 g/mol. The van der Waals surface area contributed by atoms with Gasteiger partial charge in [-0.3, -0.25) is 0 Å². The number of benzene rings is 8. The topological polar surface area (TPSA) is 16.4 Å². The van der Waals surface area contributed by atoms with Gasteiger partial charge in [-0.15, -0.1) is 0 Å². The summed E-state index contributed by atoms with van der Waals surface area (Å²) < 4.78 is 6.52. The van der Waals surface area contributed by atoms with Gasteiger partial charge >= 0.3 is 0 Å². The predicted octanol–water partition coefficient (Wildman–Crippen LogP) is 12.7. The van der Waals surface area contributed by atoms with Gasteiger partial charge in [-0.1, -0.05) is 127 Å². The van der Waals surface area contributed by atoms with Crippen molar-refractivity contribution >= 4 is 60.5 Å². The van der Waals surface area contributed by atoms with Gasteiger partial charge in [0.25, 0.3) is 0 Å². The Labute approximate surface area is 267 Å². The van der Waals surface area contributed by atoms with Gasteiger partial charge in [-0.25, -0.2) is 0 Å². The molecule has 1 heterocycles. The number of anilines is 3. The second-order valence-corrected chi connectivity index (χ2v) is 11.7. The molecule has 0 N–H and O–H groups in total. The average Bonchev–Trinajstić information content (AvgIpc) is 3.51. The first-order valence-electron chi connectivity index (χ1n) is 15.7. The van der Waals surface area contributed by atoms with Gasteiger partial charge in [0.15, 0.2) is 0 Å². The summed E-state index contributed by atoms with van der Waals surface area (Å²) in [4.78, 5) is 2.40. The van der Waals surface area contributed by atoms with E-state index >= 15 is 0 Å². The SMILES string of the molecule is c1ccc(-c2cccc(N(c3ccccc3)c3ccc4oc5ccccc5c4c3-c3cc4ccccc4c4ccccc34)c2)cc1. The van der Waals surface area contributed by atoms with E-state index in [1.165, 1.54) is 38.2 Å². The van der Waals surface area contributed by atoms with Gasteiger partial charge < -0.3 is 9.32 Å². The maximum atomic E-state index is 6.52. The van der Waals surface area contributed by atoms with Crippen LogP contribution in [0.25, 0.3) is 65.7 Å². The Kier molecular flexibility index (Phi) is 6.17. The van der Waals surface area contributed by atoms with E-state index in [0.717, 1.165) is 44.6 Å². The number of rotatable bonds is 5. The fraction of sp³-hybridized carbons (Fsp3) is 0. The number of hydrogen-bond acceptors (Lipinski definition) is 2. The van der Waals surface area contributed by atoms with Gasteiger partial charge in [-0.05, 0) is 86.8 Å². The van der Waals surface area contributed by atoms with Gasteiger partial charge in [0.2, 0.25) is 0 Å². The van der Waals surface area contributed by atoms with Crippen molar-refractivity contribution in [2.24, 2.45) is 0 Å². The Morgan fingerprint density at radius 2 is 1.02 bits per heavy atom. The first kappa shape index (κ1) is 26.3. The Balaban J connectivity index is 1.42. The molecule has 46 heavy (non-hydrogen) atoms. The maximum Gasteiger partial charge on any atom is 0.136 e. The monoisotopic (exact) mass is 587 g/mol. The van der Waals surface area contributed by atoms with Crippen LogP contribution in [0.15, 0.2) is 180 Å². The highest BCUT2D eigenvalue weighted by molar-refractivity contribution is 6.22. The van der Waals surface area contributed by atoms with Crippen LogP contribution < -0.4 is 4.90 Å². The van der Waals surface area contributed by atoms with Crippen LogP contribution in [0.1, 0.15) is 0 Å². The van der Waals surface area contributed by atoms with Crippen molar-refractivity contribution in [3.63, 3.8) is 0 Å². The molecule has 0 atom stereocenters. The minimum absolute atomic E-state index is 0.878. The first-order valence-corrected chi connectivity index (χ1v) is 15.7. The standard InChI is InChI=1S/C44H29NO/c1-3-14-30(15-4-1)31-17-13-20-34(28-31)45(33-18-5-2-6-19-33)40-26-27-42-44(38-24-11-12-25-41(38)46-42)43(40)39-29-32-16-7-8-21-35(32)36-22-9-10-23-37(36)39/h1-29H. The summed E-state index contributed by atoms with van der Waals surface area (Å²) in [5, 5.41) is 7.15. The third-order valence-corrected chi connectivity index (χ3v) is 9.03. The molecule has 0 unspecified atom stereocenters. The van der Waals surface area contributed by atoms with Crippen LogP contribution in [0, 0.1) is 0 Å². The van der Waals surface area contributed by atoms with E-state index in [9.17, 15) is 0 Å². The normalized spacial score (nSPS) is 11.5. The first-order chi connectivity index (χ1) is 22.8. The lowest BCUT2D eigenvalue weighted by Gasteiger charge is -2.29. The lowest BCUT2D eigenvalue weighted by Crippen LogP contribution is -2.11. The van der Waals surface area contributed by atoms with Crippen LogP contribution in [0.3, 0.4) is 0 Å². The molecule has 1 aromatic heterocycles. The van der Waals surface area contributed by atoms with Crippen molar-refractivity contribution in [3.05, 3.63) is 176 Å². The number of nitrogens with zero attached hydrogens (tertiary/aromatic N) is 1. The lowest BCUT2D eigenvalue weighted by molar-refractivity contribution is 0.669. The molecule has 0 saturated heterocycles. The number of fused-ring (bicyclic) bond motifs is 6. The summed E-state index contributed by atoms with van der Waals surface area (Å²) in [5.74, 6) is 0. The van der Waals surface area contributed by atoms with Gasteiger partial charge in [0.1, 0.15) is 11.2 Å². The summed E-state index contributed by atoms with van der Waals surface area (Å²) in [6.07, 6.45) is 0. The minimum atomic E-state index is 0.878.